The molecule has 0 bridgehead atoms. The largest absolute Gasteiger partial charge is 0.497 e. The molecule has 2 aromatic carbocycles. The zero-order chi connectivity index (χ0) is 21.1. The number of ether oxygens (including phenoxy) is 2. The number of carbonyl (C=O) groups excluding carboxylic acids is 2. The number of amides is 3. The Morgan fingerprint density at radius 3 is 2.60 bits per heavy atom. The Morgan fingerprint density at radius 1 is 1.07 bits per heavy atom. The van der Waals surface area contributed by atoms with E-state index in [-0.39, 0.29) is 24.6 Å². The third-order valence-electron chi connectivity index (χ3n) is 5.88. The van der Waals surface area contributed by atoms with E-state index in [4.69, 9.17) is 9.47 Å². The van der Waals surface area contributed by atoms with Gasteiger partial charge in [-0.2, -0.15) is 0 Å². The number of urea groups is 1. The molecule has 2 atom stereocenters. The van der Waals surface area contributed by atoms with Gasteiger partial charge >= 0.3 is 6.03 Å². The van der Waals surface area contributed by atoms with E-state index in [1.807, 2.05) is 48.5 Å². The molecule has 30 heavy (non-hydrogen) atoms. The second kappa shape index (κ2) is 8.75. The summed E-state index contributed by atoms with van der Waals surface area (Å²) in [5.74, 6) is 1.32. The van der Waals surface area contributed by atoms with Crippen LogP contribution in [0.4, 0.5) is 4.79 Å². The molecule has 0 spiro atoms. The van der Waals surface area contributed by atoms with Gasteiger partial charge in [-0.05, 0) is 24.5 Å². The SMILES string of the molecule is COc1ccc([C@@H]2CCCN2CN2C(=O)N[C@@H](Cc3ccccc3)C2=O)c(OC)c1. The highest BCUT2D eigenvalue weighted by molar-refractivity contribution is 6.04. The van der Waals surface area contributed by atoms with Crippen molar-refractivity contribution in [1.82, 2.24) is 15.1 Å². The fourth-order valence-corrected chi connectivity index (χ4v) is 4.32. The van der Waals surface area contributed by atoms with E-state index in [9.17, 15) is 9.59 Å². The van der Waals surface area contributed by atoms with Crippen molar-refractivity contribution in [2.75, 3.05) is 27.4 Å². The Morgan fingerprint density at radius 2 is 1.87 bits per heavy atom. The molecule has 158 valence electrons. The molecule has 0 aliphatic carbocycles. The number of carbonyl (C=O) groups is 2. The van der Waals surface area contributed by atoms with Crippen molar-refractivity contribution >= 4 is 11.9 Å². The Balaban J connectivity index is 1.48. The fourth-order valence-electron chi connectivity index (χ4n) is 4.32. The Hall–Kier alpha value is -3.06. The van der Waals surface area contributed by atoms with Gasteiger partial charge in [-0.1, -0.05) is 36.4 Å². The molecule has 0 aromatic heterocycles. The van der Waals surface area contributed by atoms with E-state index >= 15 is 0 Å². The van der Waals surface area contributed by atoms with Gasteiger partial charge in [0.25, 0.3) is 5.91 Å². The molecule has 2 aliphatic rings. The summed E-state index contributed by atoms with van der Waals surface area (Å²) in [5.41, 5.74) is 2.07. The Kier molecular flexibility index (Phi) is 5.90. The standard InChI is InChI=1S/C23H27N3O4/c1-29-17-10-11-18(21(14-17)30-2)20-9-6-12-25(20)15-26-22(27)19(24-23(26)28)13-16-7-4-3-5-8-16/h3-5,7-8,10-11,14,19-20H,6,9,12-13,15H2,1-2H3,(H,24,28)/t19-,20-/m0/s1. The van der Waals surface area contributed by atoms with Gasteiger partial charge in [0.1, 0.15) is 17.5 Å². The van der Waals surface area contributed by atoms with E-state index in [2.05, 4.69) is 10.2 Å². The maximum atomic E-state index is 12.9. The van der Waals surface area contributed by atoms with Crippen LogP contribution in [-0.2, 0) is 11.2 Å². The van der Waals surface area contributed by atoms with Crippen molar-refractivity contribution in [2.24, 2.45) is 0 Å². The summed E-state index contributed by atoms with van der Waals surface area (Å²) in [4.78, 5) is 29.0. The van der Waals surface area contributed by atoms with Gasteiger partial charge in [0.2, 0.25) is 0 Å². The number of imide groups is 1. The zero-order valence-electron chi connectivity index (χ0n) is 17.3. The molecule has 0 saturated carbocycles. The van der Waals surface area contributed by atoms with Crippen LogP contribution in [0.15, 0.2) is 48.5 Å². The molecular formula is C23H27N3O4. The van der Waals surface area contributed by atoms with Gasteiger partial charge < -0.3 is 14.8 Å². The average Bonchev–Trinajstić information content (AvgIpc) is 3.34. The van der Waals surface area contributed by atoms with Crippen LogP contribution in [-0.4, -0.2) is 55.2 Å². The van der Waals surface area contributed by atoms with Crippen LogP contribution < -0.4 is 14.8 Å². The smallest absolute Gasteiger partial charge is 0.325 e. The van der Waals surface area contributed by atoms with Gasteiger partial charge in [-0.3, -0.25) is 9.69 Å². The number of nitrogens with one attached hydrogen (secondary N) is 1. The second-order valence-electron chi connectivity index (χ2n) is 7.68. The third kappa shape index (κ3) is 3.98. The first-order valence-electron chi connectivity index (χ1n) is 10.2. The highest BCUT2D eigenvalue weighted by atomic mass is 16.5. The van der Waals surface area contributed by atoms with E-state index in [0.29, 0.717) is 6.42 Å². The Labute approximate surface area is 176 Å². The summed E-state index contributed by atoms with van der Waals surface area (Å²) >= 11 is 0. The highest BCUT2D eigenvalue weighted by Gasteiger charge is 2.40. The lowest BCUT2D eigenvalue weighted by Gasteiger charge is -2.29. The summed E-state index contributed by atoms with van der Waals surface area (Å²) in [6.45, 7) is 1.09. The zero-order valence-corrected chi connectivity index (χ0v) is 17.3. The van der Waals surface area contributed by atoms with Crippen LogP contribution in [0.5, 0.6) is 11.5 Å². The van der Waals surface area contributed by atoms with Gasteiger partial charge in [-0.15, -0.1) is 0 Å². The Bertz CT molecular complexity index is 918. The van der Waals surface area contributed by atoms with Crippen LogP contribution in [0.25, 0.3) is 0 Å². The molecule has 4 rings (SSSR count). The summed E-state index contributed by atoms with van der Waals surface area (Å²) in [6.07, 6.45) is 2.44. The minimum Gasteiger partial charge on any atom is -0.497 e. The molecule has 2 saturated heterocycles. The maximum Gasteiger partial charge on any atom is 0.325 e. The quantitative estimate of drug-likeness (QED) is 0.712. The van der Waals surface area contributed by atoms with Crippen molar-refractivity contribution in [2.45, 2.75) is 31.3 Å². The molecule has 2 aliphatic heterocycles. The first kappa shape index (κ1) is 20.2. The first-order valence-corrected chi connectivity index (χ1v) is 10.2. The normalized spacial score (nSPS) is 21.7. The lowest BCUT2D eigenvalue weighted by Crippen LogP contribution is -2.42. The van der Waals surface area contributed by atoms with E-state index in [0.717, 1.165) is 42.0 Å². The van der Waals surface area contributed by atoms with Gasteiger partial charge in [-0.25, -0.2) is 9.69 Å². The van der Waals surface area contributed by atoms with Crippen molar-refractivity contribution in [1.29, 1.82) is 0 Å². The molecule has 1 N–H and O–H groups in total. The van der Waals surface area contributed by atoms with Crippen molar-refractivity contribution in [3.05, 3.63) is 59.7 Å². The summed E-state index contributed by atoms with van der Waals surface area (Å²) < 4.78 is 10.9. The lowest BCUT2D eigenvalue weighted by molar-refractivity contribution is -0.129. The predicted molar refractivity (Wildman–Crippen MR) is 112 cm³/mol. The predicted octanol–water partition coefficient (Wildman–Crippen LogP) is 2.96. The number of likely N-dealkylation sites (tertiary alicyclic amines) is 1. The summed E-state index contributed by atoms with van der Waals surface area (Å²) in [5, 5.41) is 2.84. The number of rotatable bonds is 7. The van der Waals surface area contributed by atoms with Gasteiger partial charge in [0.15, 0.2) is 0 Å². The molecular weight excluding hydrogens is 382 g/mol. The number of hydrogen-bond donors (Lipinski definition) is 1. The van der Waals surface area contributed by atoms with Crippen LogP contribution in [0.2, 0.25) is 0 Å². The maximum absolute atomic E-state index is 12.9. The van der Waals surface area contributed by atoms with E-state index in [1.54, 1.807) is 14.2 Å². The van der Waals surface area contributed by atoms with Crippen LogP contribution in [0.3, 0.4) is 0 Å². The van der Waals surface area contributed by atoms with Crippen molar-refractivity contribution in [3.8, 4) is 11.5 Å². The first-order chi connectivity index (χ1) is 14.6. The molecule has 0 radical (unpaired) electrons. The molecule has 7 heteroatoms. The molecule has 7 nitrogen and oxygen atoms in total. The number of nitrogens with zero attached hydrogens (tertiary/aromatic N) is 2. The van der Waals surface area contributed by atoms with Crippen molar-refractivity contribution < 1.29 is 19.1 Å². The average molecular weight is 409 g/mol. The van der Waals surface area contributed by atoms with Gasteiger partial charge in [0, 0.05) is 30.6 Å². The third-order valence-corrected chi connectivity index (χ3v) is 5.88. The minimum absolute atomic E-state index is 0.0830. The van der Waals surface area contributed by atoms with Crippen molar-refractivity contribution in [3.63, 3.8) is 0 Å². The van der Waals surface area contributed by atoms with E-state index in [1.165, 1.54) is 4.90 Å². The van der Waals surface area contributed by atoms with Crippen LogP contribution in [0, 0.1) is 0 Å². The molecule has 3 amide bonds. The van der Waals surface area contributed by atoms with E-state index < -0.39 is 6.04 Å². The molecule has 2 fully saturated rings. The fraction of sp³-hybridized carbons (Fsp3) is 0.391. The topological polar surface area (TPSA) is 71.1 Å². The monoisotopic (exact) mass is 409 g/mol. The second-order valence-corrected chi connectivity index (χ2v) is 7.68. The van der Waals surface area contributed by atoms with Gasteiger partial charge in [0.05, 0.1) is 20.9 Å². The molecule has 0 unspecified atom stereocenters. The number of benzene rings is 2. The number of hydrogen-bond acceptors (Lipinski definition) is 5. The lowest BCUT2D eigenvalue weighted by atomic mass is 10.0. The molecule has 2 heterocycles. The molecule has 2 aromatic rings. The minimum atomic E-state index is -0.517. The number of methoxy groups -OCH3 is 2. The van der Waals surface area contributed by atoms with Crippen LogP contribution >= 0.6 is 0 Å². The highest BCUT2D eigenvalue weighted by Crippen LogP contribution is 2.38. The van der Waals surface area contributed by atoms with Crippen LogP contribution in [0.1, 0.15) is 30.0 Å². The summed E-state index contributed by atoms with van der Waals surface area (Å²) in [6, 6.07) is 14.8. The summed E-state index contributed by atoms with van der Waals surface area (Å²) in [7, 11) is 3.27.